The number of thiophene rings is 1. The van der Waals surface area contributed by atoms with E-state index in [-0.39, 0.29) is 0 Å². The van der Waals surface area contributed by atoms with Crippen LogP contribution in [-0.4, -0.2) is 14.9 Å². The second kappa shape index (κ2) is 2.31. The van der Waals surface area contributed by atoms with Crippen LogP contribution in [0.15, 0.2) is 16.2 Å². The highest BCUT2D eigenvalue weighted by Crippen LogP contribution is 2.13. The van der Waals surface area contributed by atoms with Crippen LogP contribution in [0.4, 0.5) is 0 Å². The molecule has 0 aliphatic heterocycles. The molecule has 0 amide bonds. The van der Waals surface area contributed by atoms with E-state index in [9.17, 15) is 10.0 Å². The summed E-state index contributed by atoms with van der Waals surface area (Å²) >= 11 is 1.28. The van der Waals surface area contributed by atoms with E-state index in [0.29, 0.717) is 20.8 Å². The van der Waals surface area contributed by atoms with E-state index in [2.05, 4.69) is 4.98 Å². The van der Waals surface area contributed by atoms with Crippen molar-refractivity contribution in [2.75, 3.05) is 0 Å². The second-order valence-electron chi connectivity index (χ2n) is 2.41. The number of aryl methyl sites for hydroxylation is 1. The Morgan fingerprint density at radius 2 is 2.42 bits per heavy atom. The van der Waals surface area contributed by atoms with Crippen molar-refractivity contribution < 1.29 is 5.21 Å². The quantitative estimate of drug-likeness (QED) is 0.618. The molecule has 5 heteroatoms. The summed E-state index contributed by atoms with van der Waals surface area (Å²) in [5, 5.41) is 10.9. The molecule has 0 atom stereocenters. The Morgan fingerprint density at radius 3 is 3.17 bits per heavy atom. The van der Waals surface area contributed by atoms with Gasteiger partial charge in [-0.25, -0.2) is 4.98 Å². The summed E-state index contributed by atoms with van der Waals surface area (Å²) in [4.78, 5) is 15.3. The first-order valence-corrected chi connectivity index (χ1v) is 4.24. The van der Waals surface area contributed by atoms with Gasteiger partial charge in [0.15, 0.2) is 0 Å². The maximum Gasteiger partial charge on any atom is 0.304 e. The Bertz CT molecular complexity index is 486. The van der Waals surface area contributed by atoms with Crippen LogP contribution in [0.2, 0.25) is 0 Å². The zero-order valence-corrected chi connectivity index (χ0v) is 7.13. The molecular formula is C7H6N2O2S. The third-order valence-electron chi connectivity index (χ3n) is 1.62. The SMILES string of the molecule is Cc1nc2ccsc2c(=O)n1O. The fraction of sp³-hybridized carbons (Fsp3) is 0.143. The van der Waals surface area contributed by atoms with Gasteiger partial charge in [-0.2, -0.15) is 0 Å². The molecule has 1 N–H and O–H groups in total. The normalized spacial score (nSPS) is 10.8. The monoisotopic (exact) mass is 182 g/mol. The van der Waals surface area contributed by atoms with Gasteiger partial charge in [0.1, 0.15) is 10.5 Å². The topological polar surface area (TPSA) is 55.1 Å². The zero-order valence-electron chi connectivity index (χ0n) is 6.31. The first kappa shape index (κ1) is 7.30. The van der Waals surface area contributed by atoms with Gasteiger partial charge in [-0.15, -0.1) is 16.1 Å². The molecule has 12 heavy (non-hydrogen) atoms. The summed E-state index contributed by atoms with van der Waals surface area (Å²) in [6.07, 6.45) is 0. The highest BCUT2D eigenvalue weighted by molar-refractivity contribution is 7.17. The predicted octanol–water partition coefficient (Wildman–Crippen LogP) is 1.00. The Morgan fingerprint density at radius 1 is 1.67 bits per heavy atom. The minimum atomic E-state index is -0.396. The number of aromatic nitrogens is 2. The number of hydrogen-bond donors (Lipinski definition) is 1. The molecule has 0 aromatic carbocycles. The lowest BCUT2D eigenvalue weighted by atomic mass is 10.4. The Labute approximate surface area is 71.7 Å². The fourth-order valence-electron chi connectivity index (χ4n) is 1.02. The molecular weight excluding hydrogens is 176 g/mol. The van der Waals surface area contributed by atoms with Crippen LogP contribution in [0, 0.1) is 6.92 Å². The molecule has 0 bridgehead atoms. The molecule has 2 aromatic heterocycles. The van der Waals surface area contributed by atoms with Crippen LogP contribution < -0.4 is 5.56 Å². The lowest BCUT2D eigenvalue weighted by Gasteiger charge is -1.98. The van der Waals surface area contributed by atoms with Gasteiger partial charge in [-0.3, -0.25) is 4.79 Å². The maximum absolute atomic E-state index is 11.3. The van der Waals surface area contributed by atoms with Crippen molar-refractivity contribution in [1.29, 1.82) is 0 Å². The molecule has 2 heterocycles. The third kappa shape index (κ3) is 0.831. The van der Waals surface area contributed by atoms with Crippen LogP contribution in [0.5, 0.6) is 0 Å². The molecule has 0 fully saturated rings. The van der Waals surface area contributed by atoms with Crippen molar-refractivity contribution in [3.8, 4) is 0 Å². The molecule has 4 nitrogen and oxygen atoms in total. The number of rotatable bonds is 0. The van der Waals surface area contributed by atoms with Crippen molar-refractivity contribution in [2.45, 2.75) is 6.92 Å². The summed E-state index contributed by atoms with van der Waals surface area (Å²) < 4.78 is 1.06. The van der Waals surface area contributed by atoms with Crippen molar-refractivity contribution in [3.63, 3.8) is 0 Å². The van der Waals surface area contributed by atoms with Crippen molar-refractivity contribution >= 4 is 21.6 Å². The Balaban J connectivity index is 3.05. The molecule has 2 aromatic rings. The smallest absolute Gasteiger partial charge is 0.304 e. The lowest BCUT2D eigenvalue weighted by Crippen LogP contribution is -2.20. The third-order valence-corrected chi connectivity index (χ3v) is 2.51. The van der Waals surface area contributed by atoms with Crippen LogP contribution in [0.1, 0.15) is 5.82 Å². The predicted molar refractivity (Wildman–Crippen MR) is 45.8 cm³/mol. The largest absolute Gasteiger partial charge is 0.424 e. The molecule has 2 rings (SSSR count). The van der Waals surface area contributed by atoms with E-state index in [1.54, 1.807) is 18.4 Å². The van der Waals surface area contributed by atoms with Crippen LogP contribution in [0.3, 0.4) is 0 Å². The Hall–Kier alpha value is -1.36. The van der Waals surface area contributed by atoms with Gasteiger partial charge in [-0.05, 0) is 18.4 Å². The van der Waals surface area contributed by atoms with Crippen molar-refractivity contribution in [2.24, 2.45) is 0 Å². The summed E-state index contributed by atoms with van der Waals surface area (Å²) in [5.74, 6) is 0.311. The van der Waals surface area contributed by atoms with Gasteiger partial charge >= 0.3 is 5.56 Å². The van der Waals surface area contributed by atoms with Crippen molar-refractivity contribution in [3.05, 3.63) is 27.6 Å². The van der Waals surface area contributed by atoms with Gasteiger partial charge in [0.05, 0.1) is 5.52 Å². The molecule has 0 radical (unpaired) electrons. The Kier molecular flexibility index (Phi) is 1.41. The lowest BCUT2D eigenvalue weighted by molar-refractivity contribution is 0.166. The zero-order chi connectivity index (χ0) is 8.72. The number of nitrogens with zero attached hydrogens (tertiary/aromatic N) is 2. The van der Waals surface area contributed by atoms with Crippen LogP contribution >= 0.6 is 11.3 Å². The van der Waals surface area contributed by atoms with E-state index in [4.69, 9.17) is 0 Å². The first-order valence-electron chi connectivity index (χ1n) is 3.36. The second-order valence-corrected chi connectivity index (χ2v) is 3.33. The summed E-state index contributed by atoms with van der Waals surface area (Å²) in [6.45, 7) is 1.58. The molecule has 0 saturated carbocycles. The van der Waals surface area contributed by atoms with Crippen LogP contribution in [-0.2, 0) is 0 Å². The van der Waals surface area contributed by atoms with Crippen LogP contribution in [0.25, 0.3) is 10.2 Å². The first-order chi connectivity index (χ1) is 5.70. The molecule has 0 aliphatic carbocycles. The molecule has 0 spiro atoms. The average molecular weight is 182 g/mol. The summed E-state index contributed by atoms with van der Waals surface area (Å²) in [6, 6.07) is 1.76. The van der Waals surface area contributed by atoms with E-state index < -0.39 is 5.56 Å². The fourth-order valence-corrected chi connectivity index (χ4v) is 1.77. The summed E-state index contributed by atoms with van der Waals surface area (Å²) in [5.41, 5.74) is 0.250. The molecule has 0 saturated heterocycles. The van der Waals surface area contributed by atoms with E-state index in [1.165, 1.54) is 11.3 Å². The maximum atomic E-state index is 11.3. The summed E-state index contributed by atoms with van der Waals surface area (Å²) in [7, 11) is 0. The van der Waals surface area contributed by atoms with Crippen molar-refractivity contribution in [1.82, 2.24) is 9.71 Å². The van der Waals surface area contributed by atoms with E-state index in [1.807, 2.05) is 0 Å². The highest BCUT2D eigenvalue weighted by Gasteiger charge is 2.06. The van der Waals surface area contributed by atoms with Gasteiger partial charge in [0.25, 0.3) is 0 Å². The van der Waals surface area contributed by atoms with Gasteiger partial charge < -0.3 is 5.21 Å². The standard InChI is InChI=1S/C7H6N2O2S/c1-4-8-5-2-3-12-6(5)7(10)9(4)11/h2-3,11H,1H3. The van der Waals surface area contributed by atoms with Gasteiger partial charge in [0.2, 0.25) is 0 Å². The number of fused-ring (bicyclic) bond motifs is 1. The average Bonchev–Trinajstić information content (AvgIpc) is 2.48. The van der Waals surface area contributed by atoms with E-state index in [0.717, 1.165) is 0 Å². The van der Waals surface area contributed by atoms with Gasteiger partial charge in [-0.1, -0.05) is 0 Å². The minimum absolute atomic E-state index is 0.311. The van der Waals surface area contributed by atoms with E-state index >= 15 is 0 Å². The minimum Gasteiger partial charge on any atom is -0.424 e. The van der Waals surface area contributed by atoms with Gasteiger partial charge in [0, 0.05) is 0 Å². The highest BCUT2D eigenvalue weighted by atomic mass is 32.1. The molecule has 0 unspecified atom stereocenters. The molecule has 0 aliphatic rings. The molecule has 62 valence electrons. The number of hydrogen-bond acceptors (Lipinski definition) is 4.